The van der Waals surface area contributed by atoms with Gasteiger partial charge in [-0.3, -0.25) is 0 Å². The molecule has 0 aromatic heterocycles. The molecule has 24 heavy (non-hydrogen) atoms. The summed E-state index contributed by atoms with van der Waals surface area (Å²) in [5.74, 6) is 0. The first kappa shape index (κ1) is 8.53. The smallest absolute Gasteiger partial charge is 0.0428 e. The molecule has 0 fully saturated rings. The van der Waals surface area contributed by atoms with E-state index in [4.69, 9.17) is 13.7 Å². The third kappa shape index (κ3) is 3.99. The Bertz CT molecular complexity index is 905. The van der Waals surface area contributed by atoms with Crippen LogP contribution in [0.1, 0.15) is 45.0 Å². The maximum atomic E-state index is 8.10. The Morgan fingerprint density at radius 1 is 0.917 bits per heavy atom. The number of anilines is 1. The van der Waals surface area contributed by atoms with Crippen LogP contribution in [-0.2, 0) is 12.8 Å². The number of nitrogens with zero attached hydrogens (tertiary/aromatic N) is 2. The van der Waals surface area contributed by atoms with Crippen molar-refractivity contribution in [2.24, 2.45) is 0 Å². The predicted molar refractivity (Wildman–Crippen MR) is 104 cm³/mol. The first-order valence-corrected chi connectivity index (χ1v) is 8.32. The predicted octanol–water partition coefficient (Wildman–Crippen LogP) is 4.39. The van der Waals surface area contributed by atoms with Crippen LogP contribution >= 0.6 is 0 Å². The van der Waals surface area contributed by atoms with E-state index in [1.807, 2.05) is 42.5 Å². The number of para-hydroxylation sites is 1. The van der Waals surface area contributed by atoms with Gasteiger partial charge >= 0.3 is 0 Å². The lowest BCUT2D eigenvalue weighted by Crippen LogP contribution is -2.38. The summed E-state index contributed by atoms with van der Waals surface area (Å²) in [5.41, 5.74) is 3.46. The van der Waals surface area contributed by atoms with Gasteiger partial charge in [0.2, 0.25) is 0 Å². The Morgan fingerprint density at radius 2 is 1.54 bits per heavy atom. The van der Waals surface area contributed by atoms with Crippen LogP contribution in [0.15, 0.2) is 54.6 Å². The van der Waals surface area contributed by atoms with Crippen molar-refractivity contribution in [1.29, 1.82) is 0 Å². The van der Waals surface area contributed by atoms with Crippen LogP contribution in [0.4, 0.5) is 5.69 Å². The zero-order valence-corrected chi connectivity index (χ0v) is 13.7. The maximum absolute atomic E-state index is 8.10. The molecule has 1 aliphatic rings. The van der Waals surface area contributed by atoms with Crippen LogP contribution in [0, 0.1) is 0 Å². The van der Waals surface area contributed by atoms with Crippen LogP contribution in [0.3, 0.4) is 0 Å². The summed E-state index contributed by atoms with van der Waals surface area (Å²) in [6.07, 6.45) is 1.81. The van der Waals surface area contributed by atoms with E-state index >= 15 is 0 Å². The summed E-state index contributed by atoms with van der Waals surface area (Å²) in [7, 11) is 0. The van der Waals surface area contributed by atoms with Crippen molar-refractivity contribution in [2.45, 2.75) is 39.0 Å². The quantitative estimate of drug-likeness (QED) is 0.707. The number of benzene rings is 2. The van der Waals surface area contributed by atoms with E-state index in [0.29, 0.717) is 11.4 Å². The maximum Gasteiger partial charge on any atom is 0.0428 e. The van der Waals surface area contributed by atoms with E-state index in [-0.39, 0.29) is 19.0 Å². The topological polar surface area (TPSA) is 6.48 Å². The minimum atomic E-state index is -3.22. The number of hydrogen-bond donors (Lipinski definition) is 0. The molecule has 128 valence electrons. The highest BCUT2D eigenvalue weighted by atomic mass is 15.2. The second kappa shape index (κ2) is 8.34. The van der Waals surface area contributed by atoms with Gasteiger partial charge in [0, 0.05) is 32.0 Å². The number of fused-ring (bicyclic) bond motifs is 1. The minimum absolute atomic E-state index is 0.131. The molecule has 0 saturated carbocycles. The highest BCUT2D eigenvalue weighted by Crippen LogP contribution is 2.29. The van der Waals surface area contributed by atoms with Gasteiger partial charge in [-0.05, 0) is 62.1 Å². The number of rotatable bonds is 8. The molecular formula is C22H30N2. The summed E-state index contributed by atoms with van der Waals surface area (Å²) in [4.78, 5) is 2.51. The Balaban J connectivity index is 1.83. The molecule has 0 atom stereocenters. The molecular weight excluding hydrogens is 292 g/mol. The van der Waals surface area contributed by atoms with E-state index in [0.717, 1.165) is 18.5 Å². The minimum Gasteiger partial charge on any atom is -0.368 e. The molecule has 2 aromatic rings. The molecule has 1 aliphatic carbocycles. The van der Waals surface area contributed by atoms with E-state index in [1.165, 1.54) is 11.1 Å². The van der Waals surface area contributed by atoms with Gasteiger partial charge in [-0.25, -0.2) is 0 Å². The molecule has 0 radical (unpaired) electrons. The van der Waals surface area contributed by atoms with E-state index in [2.05, 4.69) is 17.0 Å². The molecule has 3 rings (SSSR count). The largest absolute Gasteiger partial charge is 0.368 e. The van der Waals surface area contributed by atoms with E-state index in [9.17, 15) is 0 Å². The average molecular weight is 333 g/mol. The second-order valence-corrected chi connectivity index (χ2v) is 6.09. The molecule has 2 nitrogen and oxygen atoms in total. The Labute approximate surface area is 161 Å². The Hall–Kier alpha value is -1.80. The van der Waals surface area contributed by atoms with Gasteiger partial charge in [-0.1, -0.05) is 56.2 Å². The normalized spacial score (nSPS) is 22.5. The standard InChI is InChI=1S/C22H30N2/c1-3-23(4-2)15-10-16-24(21-13-6-5-7-14-21)22-17-19-11-8-9-12-20(19)18-22/h5-9,11-14,22H,3-4,10,15-18H2,1-2H3/i1D3,2D3,3D2,4D2. The lowest BCUT2D eigenvalue weighted by atomic mass is 10.1. The first-order chi connectivity index (χ1) is 15.7. The summed E-state index contributed by atoms with van der Waals surface area (Å²) < 4.78 is 77.8. The van der Waals surface area contributed by atoms with Crippen LogP contribution in [0.25, 0.3) is 0 Å². The van der Waals surface area contributed by atoms with E-state index in [1.54, 1.807) is 0 Å². The lowest BCUT2D eigenvalue weighted by molar-refractivity contribution is 0.299. The van der Waals surface area contributed by atoms with Gasteiger partial charge in [-0.15, -0.1) is 0 Å². The Morgan fingerprint density at radius 3 is 2.17 bits per heavy atom. The van der Waals surface area contributed by atoms with E-state index < -0.39 is 26.7 Å². The van der Waals surface area contributed by atoms with Gasteiger partial charge in [0.15, 0.2) is 0 Å². The fourth-order valence-corrected chi connectivity index (χ4v) is 3.44. The van der Waals surface area contributed by atoms with Crippen molar-refractivity contribution >= 4 is 5.69 Å². The molecule has 0 aliphatic heterocycles. The Kier molecular flexibility index (Phi) is 2.97. The molecule has 0 amide bonds. The summed E-state index contributed by atoms with van der Waals surface area (Å²) >= 11 is 0. The zero-order chi connectivity index (χ0) is 25.4. The second-order valence-electron chi connectivity index (χ2n) is 6.09. The molecule has 0 heterocycles. The molecule has 0 saturated heterocycles. The summed E-state index contributed by atoms with van der Waals surface area (Å²) in [6.45, 7) is -12.8. The van der Waals surface area contributed by atoms with Crippen molar-refractivity contribution in [2.75, 3.05) is 31.0 Å². The summed E-state index contributed by atoms with van der Waals surface area (Å²) in [5, 5.41) is 0. The molecule has 0 unspecified atom stereocenters. The van der Waals surface area contributed by atoms with Crippen molar-refractivity contribution in [1.82, 2.24) is 4.90 Å². The highest BCUT2D eigenvalue weighted by Gasteiger charge is 2.26. The monoisotopic (exact) mass is 332 g/mol. The fourth-order valence-electron chi connectivity index (χ4n) is 3.44. The van der Waals surface area contributed by atoms with Gasteiger partial charge in [0.25, 0.3) is 0 Å². The fraction of sp³-hybridized carbons (Fsp3) is 0.455. The third-order valence-electron chi connectivity index (χ3n) is 4.61. The first-order valence-electron chi connectivity index (χ1n) is 13.3. The van der Waals surface area contributed by atoms with Crippen LogP contribution in [0.5, 0.6) is 0 Å². The van der Waals surface area contributed by atoms with Crippen molar-refractivity contribution in [3.63, 3.8) is 0 Å². The number of hydrogen-bond acceptors (Lipinski definition) is 2. The molecule has 2 heteroatoms. The van der Waals surface area contributed by atoms with Gasteiger partial charge < -0.3 is 9.80 Å². The van der Waals surface area contributed by atoms with Crippen LogP contribution in [-0.4, -0.2) is 37.0 Å². The lowest BCUT2D eigenvalue weighted by Gasteiger charge is -2.32. The SMILES string of the molecule is [2H]C([2H])([2H])C([2H])([2H])N(CCCN(c1ccccc1)C1Cc2ccccc2C1)C([2H])([2H])C([2H])([2H])[2H]. The molecule has 0 N–H and O–H groups in total. The van der Waals surface area contributed by atoms with Crippen molar-refractivity contribution < 1.29 is 13.7 Å². The van der Waals surface area contributed by atoms with Crippen LogP contribution in [0.2, 0.25) is 0 Å². The molecule has 0 bridgehead atoms. The molecule has 0 spiro atoms. The van der Waals surface area contributed by atoms with Gasteiger partial charge in [0.05, 0.1) is 0 Å². The van der Waals surface area contributed by atoms with Crippen LogP contribution < -0.4 is 4.90 Å². The molecule has 2 aromatic carbocycles. The third-order valence-corrected chi connectivity index (χ3v) is 4.61. The average Bonchev–Trinajstić information content (AvgIpc) is 3.16. The van der Waals surface area contributed by atoms with Crippen molar-refractivity contribution in [3.05, 3.63) is 65.7 Å². The summed E-state index contributed by atoms with van der Waals surface area (Å²) in [6, 6.07) is 18.0. The van der Waals surface area contributed by atoms with Gasteiger partial charge in [0.1, 0.15) is 0 Å². The van der Waals surface area contributed by atoms with Gasteiger partial charge in [-0.2, -0.15) is 0 Å². The highest BCUT2D eigenvalue weighted by molar-refractivity contribution is 5.49. The zero-order valence-electron chi connectivity index (χ0n) is 23.7. The van der Waals surface area contributed by atoms with Crippen molar-refractivity contribution in [3.8, 4) is 0 Å².